The predicted molar refractivity (Wildman–Crippen MR) is 93.0 cm³/mol. The number of nitrogens with one attached hydrogen (secondary N) is 3. The predicted octanol–water partition coefficient (Wildman–Crippen LogP) is 3.86. The van der Waals surface area contributed by atoms with E-state index in [1.807, 2.05) is 25.1 Å². The standard InChI is InChI=1S/C18H18F3N3O2/c1-12-3-2-4-15(9-12)24-17(26)23-14-7-5-13(6-8-14)10-16(25)22-11-18(19,20)21/h2-9H,10-11H2,1H3,(H,22,25)(H2,23,24,26). The molecule has 0 atom stereocenters. The second kappa shape index (κ2) is 8.37. The van der Waals surface area contributed by atoms with Crippen LogP contribution in [0.3, 0.4) is 0 Å². The number of alkyl halides is 3. The number of halogens is 3. The van der Waals surface area contributed by atoms with Gasteiger partial charge in [-0.3, -0.25) is 4.79 Å². The fourth-order valence-electron chi connectivity index (χ4n) is 2.17. The Morgan fingerprint density at radius 3 is 2.23 bits per heavy atom. The molecule has 0 bridgehead atoms. The summed E-state index contributed by atoms with van der Waals surface area (Å²) in [4.78, 5) is 23.4. The van der Waals surface area contributed by atoms with Crippen LogP contribution in [0.15, 0.2) is 48.5 Å². The van der Waals surface area contributed by atoms with Gasteiger partial charge in [0.25, 0.3) is 0 Å². The van der Waals surface area contributed by atoms with Crippen molar-refractivity contribution in [3.63, 3.8) is 0 Å². The van der Waals surface area contributed by atoms with Crippen LogP contribution in [0, 0.1) is 6.92 Å². The van der Waals surface area contributed by atoms with Gasteiger partial charge in [-0.25, -0.2) is 4.79 Å². The lowest BCUT2D eigenvalue weighted by molar-refractivity contribution is -0.138. The Morgan fingerprint density at radius 1 is 0.962 bits per heavy atom. The summed E-state index contributed by atoms with van der Waals surface area (Å²) in [7, 11) is 0. The first-order chi connectivity index (χ1) is 12.2. The SMILES string of the molecule is Cc1cccc(NC(=O)Nc2ccc(CC(=O)NCC(F)(F)F)cc2)c1. The van der Waals surface area contributed by atoms with Gasteiger partial charge in [-0.15, -0.1) is 0 Å². The number of aryl methyl sites for hydroxylation is 1. The molecule has 0 aliphatic rings. The van der Waals surface area contributed by atoms with E-state index in [-0.39, 0.29) is 6.42 Å². The Bertz CT molecular complexity index is 774. The highest BCUT2D eigenvalue weighted by Gasteiger charge is 2.27. The monoisotopic (exact) mass is 365 g/mol. The first-order valence-corrected chi connectivity index (χ1v) is 7.78. The fourth-order valence-corrected chi connectivity index (χ4v) is 2.17. The number of rotatable bonds is 5. The van der Waals surface area contributed by atoms with E-state index >= 15 is 0 Å². The van der Waals surface area contributed by atoms with Crippen LogP contribution >= 0.6 is 0 Å². The quantitative estimate of drug-likeness (QED) is 0.753. The summed E-state index contributed by atoms with van der Waals surface area (Å²) in [6.45, 7) is 0.553. The Hall–Kier alpha value is -3.03. The van der Waals surface area contributed by atoms with E-state index < -0.39 is 24.7 Å². The van der Waals surface area contributed by atoms with E-state index in [0.29, 0.717) is 16.9 Å². The number of hydrogen-bond donors (Lipinski definition) is 3. The van der Waals surface area contributed by atoms with Crippen LogP contribution in [-0.4, -0.2) is 24.7 Å². The summed E-state index contributed by atoms with van der Waals surface area (Å²) in [5.41, 5.74) is 2.69. The van der Waals surface area contributed by atoms with Crippen LogP contribution < -0.4 is 16.0 Å². The van der Waals surface area contributed by atoms with Crippen LogP contribution in [-0.2, 0) is 11.2 Å². The summed E-state index contributed by atoms with van der Waals surface area (Å²) < 4.78 is 36.1. The van der Waals surface area contributed by atoms with Crippen molar-refractivity contribution in [2.24, 2.45) is 0 Å². The Kier molecular flexibility index (Phi) is 6.21. The van der Waals surface area contributed by atoms with Gasteiger partial charge in [0, 0.05) is 11.4 Å². The number of benzene rings is 2. The maximum atomic E-state index is 12.0. The summed E-state index contributed by atoms with van der Waals surface area (Å²) >= 11 is 0. The number of carbonyl (C=O) groups excluding carboxylic acids is 2. The Balaban J connectivity index is 1.85. The molecule has 2 rings (SSSR count). The number of urea groups is 1. The Labute approximate surface area is 148 Å². The summed E-state index contributed by atoms with van der Waals surface area (Å²) in [6.07, 6.45) is -4.61. The molecule has 3 N–H and O–H groups in total. The van der Waals surface area contributed by atoms with Crippen LogP contribution in [0.2, 0.25) is 0 Å². The third kappa shape index (κ3) is 6.84. The third-order valence-electron chi connectivity index (χ3n) is 3.34. The van der Waals surface area contributed by atoms with Crippen molar-refractivity contribution in [1.29, 1.82) is 0 Å². The number of anilines is 2. The average molecular weight is 365 g/mol. The summed E-state index contributed by atoms with van der Waals surface area (Å²) in [5.74, 6) is -0.722. The molecule has 0 saturated heterocycles. The lowest BCUT2D eigenvalue weighted by Gasteiger charge is -2.10. The maximum Gasteiger partial charge on any atom is 0.405 e. The zero-order valence-electron chi connectivity index (χ0n) is 14.0. The van der Waals surface area contributed by atoms with Crippen molar-refractivity contribution in [2.45, 2.75) is 19.5 Å². The smallest absolute Gasteiger partial charge is 0.347 e. The molecule has 2 aromatic carbocycles. The van der Waals surface area contributed by atoms with E-state index in [2.05, 4.69) is 10.6 Å². The summed E-state index contributed by atoms with van der Waals surface area (Å²) in [6, 6.07) is 13.2. The minimum atomic E-state index is -4.44. The van der Waals surface area contributed by atoms with Crippen molar-refractivity contribution < 1.29 is 22.8 Å². The molecule has 3 amide bonds. The van der Waals surface area contributed by atoms with Crippen molar-refractivity contribution in [1.82, 2.24) is 5.32 Å². The zero-order chi connectivity index (χ0) is 19.2. The molecule has 2 aromatic rings. The molecule has 0 spiro atoms. The summed E-state index contributed by atoms with van der Waals surface area (Å²) in [5, 5.41) is 7.13. The Morgan fingerprint density at radius 2 is 1.62 bits per heavy atom. The third-order valence-corrected chi connectivity index (χ3v) is 3.34. The van der Waals surface area contributed by atoms with Gasteiger partial charge < -0.3 is 16.0 Å². The van der Waals surface area contributed by atoms with Crippen LogP contribution in [0.4, 0.5) is 29.3 Å². The first-order valence-electron chi connectivity index (χ1n) is 7.78. The van der Waals surface area contributed by atoms with Crippen LogP contribution in [0.25, 0.3) is 0 Å². The zero-order valence-corrected chi connectivity index (χ0v) is 14.0. The van der Waals surface area contributed by atoms with Gasteiger partial charge in [0.15, 0.2) is 0 Å². The lowest BCUT2D eigenvalue weighted by atomic mass is 10.1. The van der Waals surface area contributed by atoms with E-state index in [9.17, 15) is 22.8 Å². The van der Waals surface area contributed by atoms with Crippen LogP contribution in [0.5, 0.6) is 0 Å². The molecular weight excluding hydrogens is 347 g/mol. The normalized spacial score (nSPS) is 10.9. The number of hydrogen-bond acceptors (Lipinski definition) is 2. The molecule has 5 nitrogen and oxygen atoms in total. The molecule has 0 aliphatic heterocycles. The fraction of sp³-hybridized carbons (Fsp3) is 0.222. The van der Waals surface area contributed by atoms with E-state index in [4.69, 9.17) is 0 Å². The van der Waals surface area contributed by atoms with Crippen molar-refractivity contribution in [2.75, 3.05) is 17.2 Å². The molecule has 0 aromatic heterocycles. The lowest BCUT2D eigenvalue weighted by Crippen LogP contribution is -2.34. The topological polar surface area (TPSA) is 70.2 Å². The van der Waals surface area contributed by atoms with Crippen molar-refractivity contribution in [3.8, 4) is 0 Å². The van der Waals surface area contributed by atoms with Crippen LogP contribution in [0.1, 0.15) is 11.1 Å². The van der Waals surface area contributed by atoms with E-state index in [1.54, 1.807) is 35.6 Å². The molecule has 0 aliphatic carbocycles. The molecule has 0 radical (unpaired) electrons. The maximum absolute atomic E-state index is 12.0. The number of carbonyl (C=O) groups is 2. The van der Waals surface area contributed by atoms with Gasteiger partial charge in [-0.1, -0.05) is 24.3 Å². The van der Waals surface area contributed by atoms with Gasteiger partial charge in [0.1, 0.15) is 6.54 Å². The molecule has 0 saturated carbocycles. The van der Waals surface area contributed by atoms with Crippen molar-refractivity contribution in [3.05, 3.63) is 59.7 Å². The molecule has 0 heterocycles. The molecular formula is C18H18F3N3O2. The van der Waals surface area contributed by atoms with Gasteiger partial charge in [-0.2, -0.15) is 13.2 Å². The highest BCUT2D eigenvalue weighted by atomic mass is 19.4. The van der Waals surface area contributed by atoms with Crippen molar-refractivity contribution >= 4 is 23.3 Å². The second-order valence-electron chi connectivity index (χ2n) is 5.71. The minimum Gasteiger partial charge on any atom is -0.347 e. The highest BCUT2D eigenvalue weighted by Crippen LogP contribution is 2.14. The molecule has 8 heteroatoms. The second-order valence-corrected chi connectivity index (χ2v) is 5.71. The van der Waals surface area contributed by atoms with E-state index in [1.165, 1.54) is 0 Å². The van der Waals surface area contributed by atoms with Gasteiger partial charge >= 0.3 is 12.2 Å². The van der Waals surface area contributed by atoms with E-state index in [0.717, 1.165) is 5.56 Å². The van der Waals surface area contributed by atoms with Gasteiger partial charge in [0.2, 0.25) is 5.91 Å². The molecule has 0 fully saturated rings. The first kappa shape index (κ1) is 19.3. The largest absolute Gasteiger partial charge is 0.405 e. The highest BCUT2D eigenvalue weighted by molar-refractivity contribution is 5.99. The molecule has 138 valence electrons. The minimum absolute atomic E-state index is 0.175. The molecule has 0 unspecified atom stereocenters. The number of amides is 3. The average Bonchev–Trinajstić information content (AvgIpc) is 2.54. The molecule has 26 heavy (non-hydrogen) atoms. The van der Waals surface area contributed by atoms with Gasteiger partial charge in [0.05, 0.1) is 6.42 Å². The van der Waals surface area contributed by atoms with Gasteiger partial charge in [-0.05, 0) is 42.3 Å².